The van der Waals surface area contributed by atoms with Gasteiger partial charge in [-0.3, -0.25) is 0 Å². The molecule has 0 aromatic carbocycles. The summed E-state index contributed by atoms with van der Waals surface area (Å²) in [6, 6.07) is 3.71. The van der Waals surface area contributed by atoms with Gasteiger partial charge in [0.25, 0.3) is 0 Å². The van der Waals surface area contributed by atoms with Crippen LogP contribution in [0.5, 0.6) is 0 Å². The summed E-state index contributed by atoms with van der Waals surface area (Å²) in [6.45, 7) is 4.42. The van der Waals surface area contributed by atoms with Crippen molar-refractivity contribution in [1.29, 1.82) is 0 Å². The highest BCUT2D eigenvalue weighted by Crippen LogP contribution is 2.24. The topological polar surface area (TPSA) is 64.7 Å². The lowest BCUT2D eigenvalue weighted by Crippen LogP contribution is -1.96. The minimum atomic E-state index is 0.526. The second kappa shape index (κ2) is 5.23. The molecule has 1 unspecified atom stereocenters. The predicted octanol–water partition coefficient (Wildman–Crippen LogP) is 2.77. The minimum absolute atomic E-state index is 0.526. The Morgan fingerprint density at radius 2 is 2.18 bits per heavy atom. The molecule has 2 N–H and O–H groups in total. The van der Waals surface area contributed by atoms with Crippen LogP contribution in [0, 0.1) is 5.92 Å². The van der Waals surface area contributed by atoms with Crippen LogP contribution in [-0.2, 0) is 6.42 Å². The van der Waals surface area contributed by atoms with E-state index < -0.39 is 0 Å². The van der Waals surface area contributed by atoms with Crippen LogP contribution < -0.4 is 5.73 Å². The predicted molar refractivity (Wildman–Crippen MR) is 70.7 cm³/mol. The van der Waals surface area contributed by atoms with Crippen molar-refractivity contribution in [3.8, 4) is 10.6 Å². The van der Waals surface area contributed by atoms with E-state index in [4.69, 9.17) is 5.73 Å². The normalized spacial score (nSPS) is 12.6. The number of anilines is 1. The largest absolute Gasteiger partial charge is 0.384 e. The van der Waals surface area contributed by atoms with Crippen LogP contribution in [0.25, 0.3) is 10.6 Å². The molecular formula is C12H16N4S. The Morgan fingerprint density at radius 3 is 2.82 bits per heavy atom. The van der Waals surface area contributed by atoms with Crippen LogP contribution >= 0.6 is 11.3 Å². The highest BCUT2D eigenvalue weighted by molar-refractivity contribution is 7.14. The Hall–Kier alpha value is -1.49. The number of rotatable bonds is 4. The summed E-state index contributed by atoms with van der Waals surface area (Å²) in [7, 11) is 0. The zero-order chi connectivity index (χ0) is 12.3. The molecule has 2 heterocycles. The van der Waals surface area contributed by atoms with Crippen molar-refractivity contribution in [2.75, 3.05) is 5.73 Å². The summed E-state index contributed by atoms with van der Waals surface area (Å²) >= 11 is 1.63. The van der Waals surface area contributed by atoms with Gasteiger partial charge < -0.3 is 5.73 Å². The molecule has 17 heavy (non-hydrogen) atoms. The van der Waals surface area contributed by atoms with Crippen molar-refractivity contribution in [3.05, 3.63) is 23.3 Å². The Morgan fingerprint density at radius 1 is 1.35 bits per heavy atom. The quantitative estimate of drug-likeness (QED) is 0.903. The van der Waals surface area contributed by atoms with Gasteiger partial charge in [-0.1, -0.05) is 31.6 Å². The van der Waals surface area contributed by atoms with Crippen molar-refractivity contribution in [2.45, 2.75) is 26.7 Å². The Bertz CT molecular complexity index is 478. The van der Waals surface area contributed by atoms with Crippen molar-refractivity contribution in [2.24, 2.45) is 5.92 Å². The number of pyridine rings is 1. The maximum Gasteiger partial charge on any atom is 0.149 e. The lowest BCUT2D eigenvalue weighted by Gasteiger charge is -2.02. The van der Waals surface area contributed by atoms with Crippen LogP contribution in [0.15, 0.2) is 18.3 Å². The highest BCUT2D eigenvalue weighted by Gasteiger charge is 2.09. The van der Waals surface area contributed by atoms with Gasteiger partial charge in [0.2, 0.25) is 0 Å². The first-order valence-corrected chi connectivity index (χ1v) is 6.55. The molecule has 2 aromatic rings. The average molecular weight is 248 g/mol. The first-order chi connectivity index (χ1) is 8.19. The summed E-state index contributed by atoms with van der Waals surface area (Å²) in [5.74, 6) is 1.18. The summed E-state index contributed by atoms with van der Waals surface area (Å²) in [5, 5.41) is 10.4. The third-order valence-corrected chi connectivity index (χ3v) is 3.71. The zero-order valence-electron chi connectivity index (χ0n) is 10.1. The Labute approximate surface area is 105 Å². The fourth-order valence-corrected chi connectivity index (χ4v) is 2.42. The van der Waals surface area contributed by atoms with E-state index in [2.05, 4.69) is 29.0 Å². The zero-order valence-corrected chi connectivity index (χ0v) is 10.9. The van der Waals surface area contributed by atoms with Gasteiger partial charge in [0, 0.05) is 18.2 Å². The molecule has 0 saturated heterocycles. The van der Waals surface area contributed by atoms with Gasteiger partial charge in [0.1, 0.15) is 15.8 Å². The standard InChI is InChI=1S/C12H16N4S/c1-3-8(2)6-11-15-16-12(17-11)9-4-5-10(13)14-7-9/h4-5,7-8H,3,6H2,1-2H3,(H2,13,14). The molecule has 0 aliphatic heterocycles. The van der Waals surface area contributed by atoms with Crippen molar-refractivity contribution < 1.29 is 0 Å². The molecule has 1 atom stereocenters. The molecule has 90 valence electrons. The molecule has 0 aliphatic carbocycles. The Balaban J connectivity index is 2.15. The van der Waals surface area contributed by atoms with Gasteiger partial charge in [0.05, 0.1) is 0 Å². The van der Waals surface area contributed by atoms with Gasteiger partial charge in [-0.15, -0.1) is 10.2 Å². The van der Waals surface area contributed by atoms with Crippen molar-refractivity contribution in [1.82, 2.24) is 15.2 Å². The van der Waals surface area contributed by atoms with E-state index in [9.17, 15) is 0 Å². The van der Waals surface area contributed by atoms with E-state index in [1.807, 2.05) is 6.07 Å². The van der Waals surface area contributed by atoms with Gasteiger partial charge in [-0.05, 0) is 18.1 Å². The van der Waals surface area contributed by atoms with Gasteiger partial charge in [-0.25, -0.2) is 4.98 Å². The number of hydrogen-bond acceptors (Lipinski definition) is 5. The molecule has 2 rings (SSSR count). The molecule has 2 aromatic heterocycles. The summed E-state index contributed by atoms with van der Waals surface area (Å²) in [5.41, 5.74) is 6.53. The molecule has 0 amide bonds. The number of aromatic nitrogens is 3. The maximum atomic E-state index is 5.55. The monoisotopic (exact) mass is 248 g/mol. The minimum Gasteiger partial charge on any atom is -0.384 e. The number of nitrogen functional groups attached to an aromatic ring is 1. The smallest absolute Gasteiger partial charge is 0.149 e. The molecule has 0 fully saturated rings. The van der Waals surface area contributed by atoms with E-state index in [0.29, 0.717) is 11.7 Å². The van der Waals surface area contributed by atoms with Crippen molar-refractivity contribution >= 4 is 17.2 Å². The van der Waals surface area contributed by atoms with E-state index in [1.165, 1.54) is 6.42 Å². The third-order valence-electron chi connectivity index (χ3n) is 2.72. The molecule has 0 spiro atoms. The maximum absolute atomic E-state index is 5.55. The Kier molecular flexibility index (Phi) is 3.68. The second-order valence-corrected chi connectivity index (χ2v) is 5.25. The number of nitrogens with zero attached hydrogens (tertiary/aromatic N) is 3. The van der Waals surface area contributed by atoms with Crippen LogP contribution in [0.1, 0.15) is 25.3 Å². The number of nitrogens with two attached hydrogens (primary N) is 1. The summed E-state index contributed by atoms with van der Waals surface area (Å²) in [4.78, 5) is 4.06. The van der Waals surface area contributed by atoms with Gasteiger partial charge in [0.15, 0.2) is 0 Å². The van der Waals surface area contributed by atoms with Crippen LogP contribution in [0.2, 0.25) is 0 Å². The molecule has 4 nitrogen and oxygen atoms in total. The molecule has 0 aliphatic rings. The first kappa shape index (κ1) is 12.0. The van der Waals surface area contributed by atoms with E-state index in [0.717, 1.165) is 22.0 Å². The number of hydrogen-bond donors (Lipinski definition) is 1. The lowest BCUT2D eigenvalue weighted by molar-refractivity contribution is 0.556. The van der Waals surface area contributed by atoms with Crippen LogP contribution in [0.3, 0.4) is 0 Å². The molecule has 0 radical (unpaired) electrons. The highest BCUT2D eigenvalue weighted by atomic mass is 32.1. The second-order valence-electron chi connectivity index (χ2n) is 4.19. The fourth-order valence-electron chi connectivity index (χ4n) is 1.43. The third kappa shape index (κ3) is 3.00. The fraction of sp³-hybridized carbons (Fsp3) is 0.417. The average Bonchev–Trinajstić information content (AvgIpc) is 2.78. The van der Waals surface area contributed by atoms with Crippen LogP contribution in [-0.4, -0.2) is 15.2 Å². The SMILES string of the molecule is CCC(C)Cc1nnc(-c2ccc(N)nc2)s1. The van der Waals surface area contributed by atoms with E-state index >= 15 is 0 Å². The van der Waals surface area contributed by atoms with Gasteiger partial charge >= 0.3 is 0 Å². The van der Waals surface area contributed by atoms with E-state index in [-0.39, 0.29) is 0 Å². The molecule has 0 saturated carbocycles. The lowest BCUT2D eigenvalue weighted by atomic mass is 10.1. The molecular weight excluding hydrogens is 232 g/mol. The van der Waals surface area contributed by atoms with Gasteiger partial charge in [-0.2, -0.15) is 0 Å². The van der Waals surface area contributed by atoms with Crippen molar-refractivity contribution in [3.63, 3.8) is 0 Å². The molecule has 5 heteroatoms. The molecule has 0 bridgehead atoms. The first-order valence-electron chi connectivity index (χ1n) is 5.73. The summed E-state index contributed by atoms with van der Waals surface area (Å²) < 4.78 is 0. The van der Waals surface area contributed by atoms with Crippen LogP contribution in [0.4, 0.5) is 5.82 Å². The van der Waals surface area contributed by atoms with E-state index in [1.54, 1.807) is 23.6 Å². The summed E-state index contributed by atoms with van der Waals surface area (Å²) in [6.07, 6.45) is 3.90.